The Morgan fingerprint density at radius 2 is 1.71 bits per heavy atom. The molecule has 2 aromatic rings. The van der Waals surface area contributed by atoms with E-state index in [2.05, 4.69) is 5.32 Å². The zero-order valence-electron chi connectivity index (χ0n) is 15.8. The minimum Gasteiger partial charge on any atom is -0.450 e. The summed E-state index contributed by atoms with van der Waals surface area (Å²) >= 11 is 0.683. The van der Waals surface area contributed by atoms with Gasteiger partial charge in [-0.05, 0) is 37.3 Å². The van der Waals surface area contributed by atoms with E-state index in [-0.39, 0.29) is 15.8 Å². The molecule has 148 valence electrons. The highest BCUT2D eigenvalue weighted by Crippen LogP contribution is 2.25. The summed E-state index contributed by atoms with van der Waals surface area (Å²) < 4.78 is 5.11. The van der Waals surface area contributed by atoms with E-state index in [0.717, 1.165) is 0 Å². The molecule has 2 rings (SSSR count). The molecule has 0 spiro atoms. The van der Waals surface area contributed by atoms with Gasteiger partial charge in [0.1, 0.15) is 4.88 Å². The summed E-state index contributed by atoms with van der Waals surface area (Å²) in [5.74, 6) is -1.37. The fourth-order valence-corrected chi connectivity index (χ4v) is 2.78. The van der Waals surface area contributed by atoms with E-state index in [0.29, 0.717) is 22.6 Å². The van der Waals surface area contributed by atoms with Crippen molar-refractivity contribution in [1.82, 2.24) is 0 Å². The van der Waals surface area contributed by atoms with E-state index >= 15 is 0 Å². The van der Waals surface area contributed by atoms with Crippen molar-refractivity contribution in [1.29, 1.82) is 0 Å². The first-order chi connectivity index (χ1) is 13.0. The van der Waals surface area contributed by atoms with E-state index in [4.69, 9.17) is 4.74 Å². The van der Waals surface area contributed by atoms with Gasteiger partial charge in [0.25, 0.3) is 0 Å². The molecule has 0 aliphatic rings. The van der Waals surface area contributed by atoms with Crippen LogP contribution in [0.15, 0.2) is 36.4 Å². The molecule has 0 aliphatic carbocycles. The molecule has 1 aromatic heterocycles. The van der Waals surface area contributed by atoms with Gasteiger partial charge < -0.3 is 10.1 Å². The Morgan fingerprint density at radius 3 is 2.21 bits per heavy atom. The minimum absolute atomic E-state index is 0.0478. The number of thiophene rings is 1. The van der Waals surface area contributed by atoms with Gasteiger partial charge in [-0.3, -0.25) is 19.7 Å². The first-order valence-corrected chi connectivity index (χ1v) is 9.21. The van der Waals surface area contributed by atoms with Crippen LogP contribution in [0.25, 0.3) is 0 Å². The Kier molecular flexibility index (Phi) is 6.30. The van der Waals surface area contributed by atoms with Crippen LogP contribution in [-0.2, 0) is 9.53 Å². The van der Waals surface area contributed by atoms with Crippen molar-refractivity contribution in [3.05, 3.63) is 57.0 Å². The number of carbonyl (C=O) groups excluding carboxylic acids is 3. The summed E-state index contributed by atoms with van der Waals surface area (Å²) in [4.78, 5) is 46.6. The van der Waals surface area contributed by atoms with E-state index in [9.17, 15) is 24.5 Å². The van der Waals surface area contributed by atoms with Crippen LogP contribution >= 0.6 is 11.3 Å². The average Bonchev–Trinajstić information content (AvgIpc) is 3.11. The Bertz CT molecular complexity index is 911. The number of hydrogen-bond acceptors (Lipinski definition) is 7. The summed E-state index contributed by atoms with van der Waals surface area (Å²) in [6.07, 6.45) is -1.07. The number of esters is 1. The molecule has 0 saturated heterocycles. The Hall–Kier alpha value is -3.07. The molecule has 0 fully saturated rings. The number of anilines is 1. The fourth-order valence-electron chi connectivity index (χ4n) is 2.08. The molecule has 0 saturated carbocycles. The second-order valence-electron chi connectivity index (χ2n) is 7.09. The smallest absolute Gasteiger partial charge is 0.349 e. The minimum atomic E-state index is -1.07. The average molecular weight is 404 g/mol. The molecule has 0 unspecified atom stereocenters. The number of Topliss-reactive ketones (excluding diaryl/α,β-unsaturated/α-hetero) is 1. The van der Waals surface area contributed by atoms with Gasteiger partial charge in [-0.1, -0.05) is 32.1 Å². The first kappa shape index (κ1) is 21.2. The summed E-state index contributed by atoms with van der Waals surface area (Å²) in [6.45, 7) is 6.80. The number of amides is 1. The van der Waals surface area contributed by atoms with Gasteiger partial charge in [-0.25, -0.2) is 4.79 Å². The standard InChI is InChI=1S/C19H20N2O6S/c1-11(27-17(23)14-9-10-15(28-14)21(25)26)16(22)12-5-7-13(8-6-12)20-18(24)19(2,3)4/h5-11H,1-4H3,(H,20,24)/t11-/m1/s1. The van der Waals surface area contributed by atoms with E-state index in [1.54, 1.807) is 32.9 Å². The predicted octanol–water partition coefficient (Wildman–Crippen LogP) is 4.07. The number of nitro groups is 1. The van der Waals surface area contributed by atoms with Crippen LogP contribution in [0.1, 0.15) is 47.7 Å². The van der Waals surface area contributed by atoms with Crippen molar-refractivity contribution in [2.45, 2.75) is 33.8 Å². The maximum Gasteiger partial charge on any atom is 0.349 e. The van der Waals surface area contributed by atoms with Crippen molar-refractivity contribution < 1.29 is 24.0 Å². The maximum atomic E-state index is 12.4. The molecular weight excluding hydrogens is 384 g/mol. The number of carbonyl (C=O) groups is 3. The van der Waals surface area contributed by atoms with Gasteiger partial charge in [0.15, 0.2) is 6.10 Å². The quantitative estimate of drug-likeness (QED) is 0.336. The Labute approximate surface area is 165 Å². The van der Waals surface area contributed by atoms with Gasteiger partial charge in [0, 0.05) is 22.7 Å². The predicted molar refractivity (Wildman–Crippen MR) is 105 cm³/mol. The van der Waals surface area contributed by atoms with Crippen LogP contribution in [0, 0.1) is 15.5 Å². The fraction of sp³-hybridized carbons (Fsp3) is 0.316. The van der Waals surface area contributed by atoms with Crippen molar-refractivity contribution in [3.8, 4) is 0 Å². The molecule has 1 heterocycles. The summed E-state index contributed by atoms with van der Waals surface area (Å²) in [7, 11) is 0. The van der Waals surface area contributed by atoms with Gasteiger partial charge >= 0.3 is 11.0 Å². The van der Waals surface area contributed by atoms with Crippen molar-refractivity contribution in [2.75, 3.05) is 5.32 Å². The topological polar surface area (TPSA) is 116 Å². The van der Waals surface area contributed by atoms with Gasteiger partial charge in [0.2, 0.25) is 11.7 Å². The molecular formula is C19H20N2O6S. The zero-order chi connectivity index (χ0) is 21.1. The SMILES string of the molecule is C[C@@H](OC(=O)c1ccc([N+](=O)[O-])s1)C(=O)c1ccc(NC(=O)C(C)(C)C)cc1. The van der Waals surface area contributed by atoms with Gasteiger partial charge in [-0.2, -0.15) is 0 Å². The molecule has 1 aromatic carbocycles. The molecule has 0 aliphatic heterocycles. The zero-order valence-corrected chi connectivity index (χ0v) is 16.7. The largest absolute Gasteiger partial charge is 0.450 e. The second kappa shape index (κ2) is 8.30. The third kappa shape index (κ3) is 5.23. The summed E-state index contributed by atoms with van der Waals surface area (Å²) in [5.41, 5.74) is 0.312. The molecule has 1 atom stereocenters. The molecule has 0 bridgehead atoms. The number of nitrogens with one attached hydrogen (secondary N) is 1. The van der Waals surface area contributed by atoms with Crippen LogP contribution in [-0.4, -0.2) is 28.7 Å². The maximum absolute atomic E-state index is 12.4. The highest BCUT2D eigenvalue weighted by atomic mass is 32.1. The number of benzene rings is 1. The summed E-state index contributed by atoms with van der Waals surface area (Å²) in [6, 6.07) is 8.73. The Morgan fingerprint density at radius 1 is 1.11 bits per heavy atom. The van der Waals surface area contributed by atoms with Crippen molar-refractivity contribution >= 4 is 39.7 Å². The van der Waals surface area contributed by atoms with Gasteiger partial charge in [-0.15, -0.1) is 0 Å². The molecule has 1 amide bonds. The number of rotatable bonds is 6. The lowest BCUT2D eigenvalue weighted by Crippen LogP contribution is -2.27. The van der Waals surface area contributed by atoms with Crippen LogP contribution < -0.4 is 5.32 Å². The molecule has 1 N–H and O–H groups in total. The second-order valence-corrected chi connectivity index (χ2v) is 8.15. The first-order valence-electron chi connectivity index (χ1n) is 8.40. The third-order valence-corrected chi connectivity index (χ3v) is 4.75. The van der Waals surface area contributed by atoms with Crippen molar-refractivity contribution in [2.24, 2.45) is 5.41 Å². The molecule has 8 nitrogen and oxygen atoms in total. The third-order valence-electron chi connectivity index (χ3n) is 3.73. The van der Waals surface area contributed by atoms with E-state index in [1.165, 1.54) is 31.2 Å². The van der Waals surface area contributed by atoms with E-state index < -0.39 is 28.2 Å². The van der Waals surface area contributed by atoms with Crippen LogP contribution in [0.4, 0.5) is 10.7 Å². The number of hydrogen-bond donors (Lipinski definition) is 1. The van der Waals surface area contributed by atoms with Crippen LogP contribution in [0.2, 0.25) is 0 Å². The lowest BCUT2D eigenvalue weighted by atomic mass is 9.95. The molecule has 28 heavy (non-hydrogen) atoms. The lowest BCUT2D eigenvalue weighted by molar-refractivity contribution is -0.380. The lowest BCUT2D eigenvalue weighted by Gasteiger charge is -2.18. The monoisotopic (exact) mass is 404 g/mol. The van der Waals surface area contributed by atoms with Crippen molar-refractivity contribution in [3.63, 3.8) is 0 Å². The van der Waals surface area contributed by atoms with Crippen LogP contribution in [0.5, 0.6) is 0 Å². The summed E-state index contributed by atoms with van der Waals surface area (Å²) in [5, 5.41) is 13.3. The number of ether oxygens (including phenoxy) is 1. The molecule has 9 heteroatoms. The highest BCUT2D eigenvalue weighted by molar-refractivity contribution is 7.17. The normalized spacial score (nSPS) is 12.1. The van der Waals surface area contributed by atoms with Gasteiger partial charge in [0.05, 0.1) is 4.92 Å². The molecule has 0 radical (unpaired) electrons. The van der Waals surface area contributed by atoms with Crippen LogP contribution in [0.3, 0.4) is 0 Å². The van der Waals surface area contributed by atoms with E-state index in [1.807, 2.05) is 0 Å². The number of nitrogens with zero attached hydrogens (tertiary/aromatic N) is 1. The highest BCUT2D eigenvalue weighted by Gasteiger charge is 2.24. The Balaban J connectivity index is 2.01. The number of ketones is 1.